The lowest BCUT2D eigenvalue weighted by molar-refractivity contribution is -0.402. The number of alkyl halides is 1. The summed E-state index contributed by atoms with van der Waals surface area (Å²) < 4.78 is 5.93. The first kappa shape index (κ1) is 13.1. The molecule has 1 unspecified atom stereocenters. The second-order valence-corrected chi connectivity index (χ2v) is 6.79. The molecule has 17 heavy (non-hydrogen) atoms. The van der Waals surface area contributed by atoms with Crippen LogP contribution in [0.25, 0.3) is 0 Å². The molecule has 0 amide bonds. The van der Waals surface area contributed by atoms with Crippen LogP contribution in [0.4, 0.5) is 5.88 Å². The van der Waals surface area contributed by atoms with Crippen molar-refractivity contribution >= 4 is 60.7 Å². The highest BCUT2D eigenvalue weighted by Gasteiger charge is 2.21. The number of hydrogen-bond acceptors (Lipinski definition) is 4. The number of hydrogen-bond donors (Lipinski definition) is 0. The lowest BCUT2D eigenvalue weighted by Gasteiger charge is -2.01. The van der Waals surface area contributed by atoms with Crippen LogP contribution >= 0.6 is 54.8 Å². The maximum atomic E-state index is 10.5. The van der Waals surface area contributed by atoms with Crippen LogP contribution in [0.5, 0.6) is 0 Å². The van der Waals surface area contributed by atoms with Gasteiger partial charge < -0.3 is 4.42 Å². The summed E-state index contributed by atoms with van der Waals surface area (Å²) in [4.78, 5) is 10.6. The third kappa shape index (κ3) is 2.73. The summed E-state index contributed by atoms with van der Waals surface area (Å²) in [7, 11) is 0. The molecule has 0 aliphatic heterocycles. The number of furan rings is 1. The molecule has 0 aliphatic rings. The molecule has 4 nitrogen and oxygen atoms in total. The maximum absolute atomic E-state index is 10.5. The molecule has 0 bridgehead atoms. The molecule has 2 aromatic heterocycles. The average Bonchev–Trinajstić information content (AvgIpc) is 2.86. The number of thiophene rings is 1. The minimum Gasteiger partial charge on any atom is -0.404 e. The van der Waals surface area contributed by atoms with E-state index in [0.29, 0.717) is 10.8 Å². The van der Waals surface area contributed by atoms with Crippen LogP contribution in [0.1, 0.15) is 15.5 Å². The van der Waals surface area contributed by atoms with Crippen molar-refractivity contribution in [2.75, 3.05) is 0 Å². The van der Waals surface area contributed by atoms with E-state index in [1.165, 1.54) is 17.4 Å². The predicted octanol–water partition coefficient (Wildman–Crippen LogP) is 5.15. The maximum Gasteiger partial charge on any atom is 0.433 e. The van der Waals surface area contributed by atoms with Gasteiger partial charge in [0.2, 0.25) is 0 Å². The molecule has 0 radical (unpaired) electrons. The summed E-state index contributed by atoms with van der Waals surface area (Å²) in [5, 5.41) is 11.1. The van der Waals surface area contributed by atoms with Crippen LogP contribution in [0.15, 0.2) is 26.4 Å². The monoisotopic (exact) mass is 399 g/mol. The fraction of sp³-hybridized carbons (Fsp3) is 0.111. The Kier molecular flexibility index (Phi) is 3.92. The fourth-order valence-corrected chi connectivity index (χ4v) is 3.60. The second kappa shape index (κ2) is 5.09. The lowest BCUT2D eigenvalue weighted by atomic mass is 10.3. The number of rotatable bonds is 3. The van der Waals surface area contributed by atoms with Gasteiger partial charge in [-0.15, -0.1) is 11.3 Å². The average molecular weight is 401 g/mol. The van der Waals surface area contributed by atoms with Gasteiger partial charge in [-0.3, -0.25) is 10.1 Å². The van der Waals surface area contributed by atoms with E-state index in [-0.39, 0.29) is 10.7 Å². The molecular weight excluding hydrogens is 397 g/mol. The molecular formula is C9H4Br2ClNO3S. The van der Waals surface area contributed by atoms with Crippen molar-refractivity contribution in [2.24, 2.45) is 0 Å². The van der Waals surface area contributed by atoms with Gasteiger partial charge in [-0.2, -0.15) is 0 Å². The van der Waals surface area contributed by atoms with Gasteiger partial charge in [0.1, 0.15) is 15.5 Å². The summed E-state index contributed by atoms with van der Waals surface area (Å²) in [6.45, 7) is 0. The van der Waals surface area contributed by atoms with Crippen LogP contribution in [-0.4, -0.2) is 4.92 Å². The number of nitrogens with zero attached hydrogens (tertiary/aromatic N) is 1. The molecule has 2 aromatic rings. The summed E-state index contributed by atoms with van der Waals surface area (Å²) in [5.41, 5.74) is 0. The molecule has 0 aromatic carbocycles. The van der Waals surface area contributed by atoms with E-state index in [0.717, 1.165) is 8.66 Å². The third-order valence-corrected chi connectivity index (χ3v) is 5.74. The first-order valence-corrected chi connectivity index (χ1v) is 7.22. The molecule has 0 saturated carbocycles. The highest BCUT2D eigenvalue weighted by Crippen LogP contribution is 2.42. The van der Waals surface area contributed by atoms with E-state index >= 15 is 0 Å². The van der Waals surface area contributed by atoms with Gasteiger partial charge >= 0.3 is 5.88 Å². The Morgan fingerprint density at radius 3 is 2.71 bits per heavy atom. The van der Waals surface area contributed by atoms with E-state index in [1.807, 2.05) is 0 Å². The van der Waals surface area contributed by atoms with Gasteiger partial charge in [0.25, 0.3) is 0 Å². The van der Waals surface area contributed by atoms with Crippen LogP contribution in [0, 0.1) is 10.1 Å². The molecule has 0 N–H and O–H groups in total. The Morgan fingerprint density at radius 2 is 2.24 bits per heavy atom. The zero-order valence-electron chi connectivity index (χ0n) is 8.02. The quantitative estimate of drug-likeness (QED) is 0.406. The molecule has 0 fully saturated rings. The first-order chi connectivity index (χ1) is 7.99. The number of nitro groups is 1. The van der Waals surface area contributed by atoms with Crippen molar-refractivity contribution in [1.29, 1.82) is 0 Å². The molecule has 90 valence electrons. The zero-order chi connectivity index (χ0) is 12.6. The van der Waals surface area contributed by atoms with Crippen molar-refractivity contribution in [3.8, 4) is 0 Å². The molecule has 1 atom stereocenters. The standard InChI is InChI=1S/C9H4Br2ClNO3S/c10-8(6-3-4(12)9(11)17-6)5-1-2-7(16-5)13(14)15/h1-3,8H. The lowest BCUT2D eigenvalue weighted by Crippen LogP contribution is -1.87. The van der Waals surface area contributed by atoms with Gasteiger partial charge in [-0.05, 0) is 28.1 Å². The summed E-state index contributed by atoms with van der Waals surface area (Å²) in [6.07, 6.45) is 0. The second-order valence-electron chi connectivity index (χ2n) is 3.07. The van der Waals surface area contributed by atoms with Gasteiger partial charge in [0.05, 0.1) is 14.9 Å². The first-order valence-electron chi connectivity index (χ1n) is 4.32. The number of halogens is 3. The molecule has 2 rings (SSSR count). The van der Waals surface area contributed by atoms with Crippen molar-refractivity contribution in [2.45, 2.75) is 4.83 Å². The SMILES string of the molecule is O=[N+]([O-])c1ccc(C(Br)c2cc(Cl)c(Br)s2)o1. The van der Waals surface area contributed by atoms with Gasteiger partial charge in [-0.1, -0.05) is 27.5 Å². The Bertz CT molecular complexity index is 549. The fourth-order valence-electron chi connectivity index (χ4n) is 1.20. The highest BCUT2D eigenvalue weighted by molar-refractivity contribution is 9.11. The minimum atomic E-state index is -0.569. The van der Waals surface area contributed by atoms with Crippen LogP contribution in [0.2, 0.25) is 5.02 Å². The predicted molar refractivity (Wildman–Crippen MR) is 73.2 cm³/mol. The smallest absolute Gasteiger partial charge is 0.404 e. The Morgan fingerprint density at radius 1 is 1.53 bits per heavy atom. The van der Waals surface area contributed by atoms with E-state index in [1.54, 1.807) is 12.1 Å². The molecule has 0 saturated heterocycles. The topological polar surface area (TPSA) is 56.3 Å². The summed E-state index contributed by atoms with van der Waals surface area (Å²) >= 11 is 14.1. The van der Waals surface area contributed by atoms with Crippen molar-refractivity contribution in [3.63, 3.8) is 0 Å². The van der Waals surface area contributed by atoms with Crippen molar-refractivity contribution in [3.05, 3.63) is 47.8 Å². The van der Waals surface area contributed by atoms with E-state index < -0.39 is 4.92 Å². The Labute approximate surface area is 122 Å². The van der Waals surface area contributed by atoms with Crippen molar-refractivity contribution < 1.29 is 9.34 Å². The van der Waals surface area contributed by atoms with E-state index in [9.17, 15) is 10.1 Å². The molecule has 2 heterocycles. The molecule has 0 aliphatic carbocycles. The Balaban J connectivity index is 2.30. The highest BCUT2D eigenvalue weighted by atomic mass is 79.9. The van der Waals surface area contributed by atoms with Gasteiger partial charge in [0.15, 0.2) is 0 Å². The minimum absolute atomic E-state index is 0.245. The zero-order valence-corrected chi connectivity index (χ0v) is 12.8. The summed E-state index contributed by atoms with van der Waals surface area (Å²) in [5.74, 6) is 0.202. The van der Waals surface area contributed by atoms with E-state index in [2.05, 4.69) is 31.9 Å². The largest absolute Gasteiger partial charge is 0.433 e. The van der Waals surface area contributed by atoms with E-state index in [4.69, 9.17) is 16.0 Å². The van der Waals surface area contributed by atoms with Crippen molar-refractivity contribution in [1.82, 2.24) is 0 Å². The third-order valence-electron chi connectivity index (χ3n) is 1.96. The Hall–Kier alpha value is -0.370. The van der Waals surface area contributed by atoms with Gasteiger partial charge in [0, 0.05) is 4.88 Å². The summed E-state index contributed by atoms with van der Waals surface area (Å²) in [6, 6.07) is 4.68. The molecule has 0 spiro atoms. The van der Waals surface area contributed by atoms with Gasteiger partial charge in [-0.25, -0.2) is 0 Å². The normalized spacial score (nSPS) is 12.6. The van der Waals surface area contributed by atoms with Crippen LogP contribution < -0.4 is 0 Å². The van der Waals surface area contributed by atoms with Crippen LogP contribution in [-0.2, 0) is 0 Å². The van der Waals surface area contributed by atoms with Crippen LogP contribution in [0.3, 0.4) is 0 Å². The molecule has 8 heteroatoms.